The highest BCUT2D eigenvalue weighted by molar-refractivity contribution is 5.86. The van der Waals surface area contributed by atoms with E-state index in [2.05, 4.69) is 113 Å². The van der Waals surface area contributed by atoms with Crippen LogP contribution in [0, 0.1) is 13.8 Å². The molecule has 0 aliphatic heterocycles. The number of hydrogen-bond acceptors (Lipinski definition) is 0. The quantitative estimate of drug-likeness (QED) is 0.145. The lowest BCUT2D eigenvalue weighted by atomic mass is 9.66. The summed E-state index contributed by atoms with van der Waals surface area (Å²) < 4.78 is 0. The Balaban J connectivity index is 1.70. The van der Waals surface area contributed by atoms with E-state index in [1.165, 1.54) is 107 Å². The summed E-state index contributed by atoms with van der Waals surface area (Å²) in [5, 5.41) is 0. The first-order valence-electron chi connectivity index (χ1n) is 15.5. The number of unbranched alkanes of at least 4 members (excludes halogenated alkanes) is 6. The highest BCUT2D eigenvalue weighted by atomic mass is 14.5. The third-order valence-electron chi connectivity index (χ3n) is 8.81. The minimum Gasteiger partial charge on any atom is -0.0654 e. The summed E-state index contributed by atoms with van der Waals surface area (Å²) in [5.41, 5.74) is 13.8. The topological polar surface area (TPSA) is 0 Å². The van der Waals surface area contributed by atoms with E-state index in [4.69, 9.17) is 0 Å². The maximum atomic E-state index is 2.53. The molecule has 0 unspecified atom stereocenters. The smallest absolute Gasteiger partial charge is 0.0654 e. The van der Waals surface area contributed by atoms with Crippen molar-refractivity contribution in [2.45, 2.75) is 97.3 Å². The third kappa shape index (κ3) is 5.49. The van der Waals surface area contributed by atoms with Crippen LogP contribution < -0.4 is 0 Å². The van der Waals surface area contributed by atoms with Gasteiger partial charge in [-0.25, -0.2) is 0 Å². The Morgan fingerprint density at radius 3 is 1.38 bits per heavy atom. The maximum Gasteiger partial charge on any atom is 0.0713 e. The van der Waals surface area contributed by atoms with Gasteiger partial charge in [-0.05, 0) is 84.0 Å². The van der Waals surface area contributed by atoms with E-state index in [0.717, 1.165) is 12.8 Å². The monoisotopic (exact) mass is 514 g/mol. The minimum atomic E-state index is -0.304. The second-order valence-electron chi connectivity index (χ2n) is 11.9. The molecule has 0 saturated heterocycles. The van der Waals surface area contributed by atoms with Crippen LogP contribution in [0.1, 0.15) is 110 Å². The fraction of sp³-hybridized carbons (Fsp3) is 0.385. The molecule has 0 fully saturated rings. The second-order valence-corrected chi connectivity index (χ2v) is 11.9. The van der Waals surface area contributed by atoms with Gasteiger partial charge in [-0.15, -0.1) is 0 Å². The molecule has 0 spiro atoms. The van der Waals surface area contributed by atoms with Gasteiger partial charge >= 0.3 is 0 Å². The lowest BCUT2D eigenvalue weighted by molar-refractivity contribution is 0.664. The van der Waals surface area contributed by atoms with Gasteiger partial charge in [0.05, 0.1) is 5.41 Å². The molecule has 202 valence electrons. The lowest BCUT2D eigenvalue weighted by Crippen LogP contribution is -2.29. The van der Waals surface area contributed by atoms with Crippen molar-refractivity contribution in [3.05, 3.63) is 129 Å². The van der Waals surface area contributed by atoms with Crippen LogP contribution in [0.15, 0.2) is 84.9 Å². The molecule has 0 heterocycles. The van der Waals surface area contributed by atoms with Gasteiger partial charge in [0.2, 0.25) is 0 Å². The maximum absolute atomic E-state index is 2.53. The largest absolute Gasteiger partial charge is 0.0713 e. The van der Waals surface area contributed by atoms with E-state index >= 15 is 0 Å². The molecule has 1 aliphatic rings. The predicted octanol–water partition coefficient (Wildman–Crippen LogP) is 10.9. The molecule has 0 atom stereocenters. The van der Waals surface area contributed by atoms with E-state index in [9.17, 15) is 0 Å². The highest BCUT2D eigenvalue weighted by Gasteiger charge is 2.46. The fourth-order valence-electron chi connectivity index (χ4n) is 6.77. The van der Waals surface area contributed by atoms with Gasteiger partial charge in [-0.1, -0.05) is 148 Å². The summed E-state index contributed by atoms with van der Waals surface area (Å²) in [6, 6.07) is 33.4. The van der Waals surface area contributed by atoms with Crippen molar-refractivity contribution in [2.75, 3.05) is 0 Å². The molecule has 4 aromatic rings. The van der Waals surface area contributed by atoms with Crippen molar-refractivity contribution >= 4 is 0 Å². The number of benzene rings is 4. The Kier molecular flexibility index (Phi) is 8.71. The first-order valence-corrected chi connectivity index (χ1v) is 15.5. The Labute approximate surface area is 237 Å². The Morgan fingerprint density at radius 1 is 0.487 bits per heavy atom. The van der Waals surface area contributed by atoms with Crippen LogP contribution in [0.4, 0.5) is 0 Å². The van der Waals surface area contributed by atoms with Crippen LogP contribution in [-0.2, 0) is 18.3 Å². The minimum absolute atomic E-state index is 0.304. The van der Waals surface area contributed by atoms with Crippen LogP contribution in [0.25, 0.3) is 11.1 Å². The van der Waals surface area contributed by atoms with Crippen molar-refractivity contribution in [3.8, 4) is 11.1 Å². The van der Waals surface area contributed by atoms with Gasteiger partial charge in [0.25, 0.3) is 0 Å². The molecule has 0 amide bonds. The molecule has 0 aromatic heterocycles. The molecule has 4 aromatic carbocycles. The molecular weight excluding hydrogens is 468 g/mol. The molecule has 5 rings (SSSR count). The Hall–Kier alpha value is -3.12. The molecular formula is C39H46. The van der Waals surface area contributed by atoms with Crippen molar-refractivity contribution in [1.82, 2.24) is 0 Å². The average Bonchev–Trinajstić information content (AvgIpc) is 3.23. The average molecular weight is 515 g/mol. The van der Waals surface area contributed by atoms with Gasteiger partial charge in [0.15, 0.2) is 0 Å². The molecule has 0 heteroatoms. The standard InChI is InChI=1S/C39H46/c1-5-7-9-11-15-31-17-13-19-33(27-31)39(34-20-14-18-32(28-34)16-12-10-8-6-2)37-25-29(3)21-23-35(37)36-24-22-30(4)26-38(36)39/h13-14,17-28H,5-12,15-16H2,1-4H3. The summed E-state index contributed by atoms with van der Waals surface area (Å²) in [4.78, 5) is 0. The lowest BCUT2D eigenvalue weighted by Gasteiger charge is -2.35. The molecule has 0 saturated carbocycles. The molecule has 0 N–H and O–H groups in total. The van der Waals surface area contributed by atoms with Crippen molar-refractivity contribution < 1.29 is 0 Å². The van der Waals surface area contributed by atoms with Gasteiger partial charge in [-0.3, -0.25) is 0 Å². The normalized spacial score (nSPS) is 13.3. The molecule has 0 bridgehead atoms. The van der Waals surface area contributed by atoms with Crippen LogP contribution in [0.5, 0.6) is 0 Å². The molecule has 1 aliphatic carbocycles. The predicted molar refractivity (Wildman–Crippen MR) is 169 cm³/mol. The fourth-order valence-corrected chi connectivity index (χ4v) is 6.77. The van der Waals surface area contributed by atoms with Gasteiger partial charge in [-0.2, -0.15) is 0 Å². The van der Waals surface area contributed by atoms with Crippen LogP contribution in [0.2, 0.25) is 0 Å². The van der Waals surface area contributed by atoms with Gasteiger partial charge in [0.1, 0.15) is 0 Å². The van der Waals surface area contributed by atoms with Crippen LogP contribution >= 0.6 is 0 Å². The van der Waals surface area contributed by atoms with E-state index in [-0.39, 0.29) is 5.41 Å². The first-order chi connectivity index (χ1) is 19.1. The SMILES string of the molecule is CCCCCCc1cccc(C2(c3cccc(CCCCCC)c3)c3cc(C)ccc3-c3ccc(C)cc32)c1. The first kappa shape index (κ1) is 27.4. The van der Waals surface area contributed by atoms with E-state index in [0.29, 0.717) is 0 Å². The number of aryl methyl sites for hydroxylation is 4. The van der Waals surface area contributed by atoms with Crippen molar-refractivity contribution in [2.24, 2.45) is 0 Å². The zero-order valence-electron chi connectivity index (χ0n) is 24.7. The van der Waals surface area contributed by atoms with E-state index in [1.807, 2.05) is 0 Å². The van der Waals surface area contributed by atoms with Crippen LogP contribution in [-0.4, -0.2) is 0 Å². The summed E-state index contributed by atoms with van der Waals surface area (Å²) in [6.07, 6.45) is 12.7. The zero-order chi connectivity index (χ0) is 27.2. The summed E-state index contributed by atoms with van der Waals surface area (Å²) >= 11 is 0. The molecule has 39 heavy (non-hydrogen) atoms. The molecule has 0 nitrogen and oxygen atoms in total. The number of hydrogen-bond donors (Lipinski definition) is 0. The second kappa shape index (κ2) is 12.4. The molecule has 0 radical (unpaired) electrons. The third-order valence-corrected chi connectivity index (χ3v) is 8.81. The zero-order valence-corrected chi connectivity index (χ0v) is 24.7. The number of fused-ring (bicyclic) bond motifs is 3. The van der Waals surface area contributed by atoms with E-state index < -0.39 is 0 Å². The Bertz CT molecular complexity index is 1300. The highest BCUT2D eigenvalue weighted by Crippen LogP contribution is 2.56. The Morgan fingerprint density at radius 2 is 0.949 bits per heavy atom. The summed E-state index contributed by atoms with van der Waals surface area (Å²) in [7, 11) is 0. The van der Waals surface area contributed by atoms with Crippen molar-refractivity contribution in [1.29, 1.82) is 0 Å². The summed E-state index contributed by atoms with van der Waals surface area (Å²) in [5.74, 6) is 0. The van der Waals surface area contributed by atoms with Gasteiger partial charge in [0, 0.05) is 0 Å². The van der Waals surface area contributed by atoms with E-state index in [1.54, 1.807) is 0 Å². The van der Waals surface area contributed by atoms with Crippen molar-refractivity contribution in [3.63, 3.8) is 0 Å². The summed E-state index contributed by atoms with van der Waals surface area (Å²) in [6.45, 7) is 9.07. The van der Waals surface area contributed by atoms with Gasteiger partial charge < -0.3 is 0 Å². The van der Waals surface area contributed by atoms with Crippen LogP contribution in [0.3, 0.4) is 0 Å². The number of rotatable bonds is 12.